The van der Waals surface area contributed by atoms with Gasteiger partial charge in [0.05, 0.1) is 24.0 Å². The number of rotatable bonds is 5. The SMILES string of the molecule is C[C@H]1C[C@@H](N(c2cnn(C)c2)S(=O)(=O)N([O-])C(=O)Nc2c3c(cc4c2CCC4)CCC3)CCO1. The lowest BCUT2D eigenvalue weighted by Gasteiger charge is -2.40. The molecule has 1 aromatic carbocycles. The standard InChI is InChI=1S/C23H30N5O5S/c1-15-11-18(9-10-33-15)27(19-13-24-26(2)14-19)34(31,32)28(30)23(29)25-22-20-7-3-5-16(20)12-17-6-4-8-21(17)22/h12-15,18H,3-11H2,1-2H3,(H,25,29)/q-1/t15-,18-/m0/s1. The number of benzene rings is 1. The minimum Gasteiger partial charge on any atom is -0.740 e. The molecule has 0 radical (unpaired) electrons. The topological polar surface area (TPSA) is 120 Å². The Balaban J connectivity index is 1.46. The maximum Gasteiger partial charge on any atom is 0.326 e. The molecular formula is C23H30N5O5S-. The summed E-state index contributed by atoms with van der Waals surface area (Å²) in [7, 11) is -3.06. The number of ether oxygens (including phenoxy) is 1. The molecule has 2 amide bonds. The first-order chi connectivity index (χ1) is 16.3. The lowest BCUT2D eigenvalue weighted by molar-refractivity contribution is 0.0208. The van der Waals surface area contributed by atoms with Gasteiger partial charge in [-0.1, -0.05) is 6.07 Å². The summed E-state index contributed by atoms with van der Waals surface area (Å²) in [5.74, 6) is 0. The molecule has 1 saturated heterocycles. The molecule has 5 rings (SSSR count). The van der Waals surface area contributed by atoms with Crippen LogP contribution in [0.5, 0.6) is 0 Å². The van der Waals surface area contributed by atoms with Gasteiger partial charge in [0.2, 0.25) is 0 Å². The van der Waals surface area contributed by atoms with Gasteiger partial charge >= 0.3 is 16.2 Å². The maximum absolute atomic E-state index is 13.5. The van der Waals surface area contributed by atoms with Crippen LogP contribution in [-0.2, 0) is 47.7 Å². The summed E-state index contributed by atoms with van der Waals surface area (Å²) < 4.78 is 34.8. The van der Waals surface area contributed by atoms with Crippen LogP contribution in [0, 0.1) is 5.21 Å². The molecule has 2 atom stereocenters. The number of aromatic nitrogens is 2. The van der Waals surface area contributed by atoms with Crippen LogP contribution in [0.2, 0.25) is 0 Å². The minimum absolute atomic E-state index is 0.170. The molecule has 34 heavy (non-hydrogen) atoms. The van der Waals surface area contributed by atoms with Crippen LogP contribution in [0.3, 0.4) is 0 Å². The summed E-state index contributed by atoms with van der Waals surface area (Å²) in [4.78, 5) is 13.1. The number of amides is 2. The Bertz CT molecular complexity index is 1180. The summed E-state index contributed by atoms with van der Waals surface area (Å²) in [5, 5.41) is 19.9. The van der Waals surface area contributed by atoms with Crippen molar-refractivity contribution in [2.75, 3.05) is 16.2 Å². The normalized spacial score (nSPS) is 21.7. The fourth-order valence-corrected chi connectivity index (χ4v) is 6.89. The molecule has 10 nitrogen and oxygen atoms in total. The highest BCUT2D eigenvalue weighted by Crippen LogP contribution is 2.39. The van der Waals surface area contributed by atoms with Crippen LogP contribution >= 0.6 is 0 Å². The number of carbonyl (C=O) groups excluding carboxylic acids is 1. The third-order valence-corrected chi connectivity index (χ3v) is 8.65. The first-order valence-corrected chi connectivity index (χ1v) is 13.2. The fourth-order valence-electron chi connectivity index (χ4n) is 5.55. The Hall–Kier alpha value is -2.63. The number of aryl methyl sites for hydroxylation is 3. The molecule has 1 aromatic heterocycles. The number of hydrogen-bond acceptors (Lipinski definition) is 6. The van der Waals surface area contributed by atoms with E-state index in [0.717, 1.165) is 54.0 Å². The number of fused-ring (bicyclic) bond motifs is 2. The molecule has 1 aliphatic heterocycles. The van der Waals surface area contributed by atoms with E-state index in [1.807, 2.05) is 6.92 Å². The molecule has 0 bridgehead atoms. The van der Waals surface area contributed by atoms with Crippen LogP contribution in [0.15, 0.2) is 18.5 Å². The van der Waals surface area contributed by atoms with Gasteiger partial charge in [0, 0.05) is 25.5 Å². The third kappa shape index (κ3) is 4.05. The van der Waals surface area contributed by atoms with Gasteiger partial charge in [-0.25, -0.2) is 9.10 Å². The van der Waals surface area contributed by atoms with E-state index >= 15 is 0 Å². The molecular weight excluding hydrogens is 458 g/mol. The lowest BCUT2D eigenvalue weighted by Crippen LogP contribution is -2.52. The highest BCUT2D eigenvalue weighted by Gasteiger charge is 2.37. The summed E-state index contributed by atoms with van der Waals surface area (Å²) in [5.41, 5.74) is 5.31. The molecule has 184 valence electrons. The molecule has 2 aliphatic carbocycles. The molecule has 1 fully saturated rings. The predicted octanol–water partition coefficient (Wildman–Crippen LogP) is 3.05. The van der Waals surface area contributed by atoms with Crippen LogP contribution in [-0.4, -0.2) is 47.5 Å². The quantitative estimate of drug-likeness (QED) is 0.646. The molecule has 3 aliphatic rings. The van der Waals surface area contributed by atoms with Gasteiger partial charge in [-0.2, -0.15) is 13.5 Å². The van der Waals surface area contributed by atoms with E-state index in [1.165, 1.54) is 28.2 Å². The van der Waals surface area contributed by atoms with Gasteiger partial charge < -0.3 is 15.3 Å². The number of nitrogens with zero attached hydrogens (tertiary/aromatic N) is 4. The highest BCUT2D eigenvalue weighted by atomic mass is 32.2. The molecule has 2 heterocycles. The second-order valence-corrected chi connectivity index (χ2v) is 11.0. The molecule has 0 spiro atoms. The second-order valence-electron chi connectivity index (χ2n) is 9.43. The summed E-state index contributed by atoms with van der Waals surface area (Å²) in [6.07, 6.45) is 9.02. The van der Waals surface area contributed by atoms with Crippen molar-refractivity contribution in [1.29, 1.82) is 0 Å². The number of anilines is 2. The second kappa shape index (κ2) is 8.86. The maximum atomic E-state index is 13.5. The molecule has 1 N–H and O–H groups in total. The van der Waals surface area contributed by atoms with Crippen molar-refractivity contribution in [1.82, 2.24) is 14.2 Å². The molecule has 11 heteroatoms. The smallest absolute Gasteiger partial charge is 0.326 e. The number of hydrogen-bond donors (Lipinski definition) is 1. The number of hydroxylamine groups is 1. The molecule has 0 saturated carbocycles. The highest BCUT2D eigenvalue weighted by molar-refractivity contribution is 7.91. The van der Waals surface area contributed by atoms with Crippen LogP contribution in [0.25, 0.3) is 0 Å². The van der Waals surface area contributed by atoms with Gasteiger partial charge in [-0.15, -0.1) is 0 Å². The van der Waals surface area contributed by atoms with Crippen LogP contribution < -0.4 is 9.62 Å². The van der Waals surface area contributed by atoms with Crippen molar-refractivity contribution >= 4 is 27.6 Å². The zero-order valence-electron chi connectivity index (χ0n) is 19.5. The Morgan fingerprint density at radius 3 is 2.47 bits per heavy atom. The fraction of sp³-hybridized carbons (Fsp3) is 0.565. The van der Waals surface area contributed by atoms with Crippen molar-refractivity contribution in [3.8, 4) is 0 Å². The van der Waals surface area contributed by atoms with E-state index in [1.54, 1.807) is 7.05 Å². The first-order valence-electron chi connectivity index (χ1n) is 11.8. The predicted molar refractivity (Wildman–Crippen MR) is 128 cm³/mol. The Kier molecular flexibility index (Phi) is 6.03. The van der Waals surface area contributed by atoms with Crippen molar-refractivity contribution in [3.05, 3.63) is 45.9 Å². The number of urea groups is 1. The van der Waals surface area contributed by atoms with Crippen LogP contribution in [0.4, 0.5) is 16.2 Å². The van der Waals surface area contributed by atoms with Gasteiger partial charge in [0.15, 0.2) is 0 Å². The number of carbonyl (C=O) groups is 1. The van der Waals surface area contributed by atoms with Crippen molar-refractivity contribution in [3.63, 3.8) is 0 Å². The van der Waals surface area contributed by atoms with E-state index < -0.39 is 26.8 Å². The Morgan fingerprint density at radius 2 is 1.88 bits per heavy atom. The Morgan fingerprint density at radius 1 is 1.21 bits per heavy atom. The van der Waals surface area contributed by atoms with Gasteiger partial charge in [-0.05, 0) is 80.5 Å². The largest absolute Gasteiger partial charge is 0.740 e. The van der Waals surface area contributed by atoms with Crippen molar-refractivity contribution in [2.45, 2.75) is 70.4 Å². The van der Waals surface area contributed by atoms with Crippen LogP contribution in [0.1, 0.15) is 54.9 Å². The van der Waals surface area contributed by atoms with E-state index in [4.69, 9.17) is 4.74 Å². The van der Waals surface area contributed by atoms with Crippen molar-refractivity contribution in [2.24, 2.45) is 7.05 Å². The molecule has 2 aromatic rings. The van der Waals surface area contributed by atoms with E-state index in [0.29, 0.717) is 25.1 Å². The lowest BCUT2D eigenvalue weighted by atomic mass is 9.99. The Labute approximate surface area is 199 Å². The number of nitrogens with one attached hydrogen (secondary N) is 1. The van der Waals surface area contributed by atoms with Crippen molar-refractivity contribution < 1.29 is 17.9 Å². The summed E-state index contributed by atoms with van der Waals surface area (Å²) in [6, 6.07) is 0.499. The minimum atomic E-state index is -4.72. The average molecular weight is 489 g/mol. The third-order valence-electron chi connectivity index (χ3n) is 7.06. The summed E-state index contributed by atoms with van der Waals surface area (Å²) in [6.45, 7) is 2.23. The zero-order valence-corrected chi connectivity index (χ0v) is 20.3. The van der Waals surface area contributed by atoms with E-state index in [2.05, 4.69) is 16.5 Å². The average Bonchev–Trinajstić information content (AvgIpc) is 3.54. The molecule has 0 unspecified atom stereocenters. The zero-order chi connectivity index (χ0) is 24.0. The summed E-state index contributed by atoms with van der Waals surface area (Å²) >= 11 is 0. The van der Waals surface area contributed by atoms with Gasteiger partial charge in [0.1, 0.15) is 0 Å². The van der Waals surface area contributed by atoms with E-state index in [-0.39, 0.29) is 11.8 Å². The first kappa shape index (κ1) is 23.1. The monoisotopic (exact) mass is 488 g/mol. The van der Waals surface area contributed by atoms with Gasteiger partial charge in [0.25, 0.3) is 0 Å². The van der Waals surface area contributed by atoms with Gasteiger partial charge in [-0.3, -0.25) is 9.15 Å². The van der Waals surface area contributed by atoms with E-state index in [9.17, 15) is 18.4 Å².